The summed E-state index contributed by atoms with van der Waals surface area (Å²) in [5.41, 5.74) is 1.23. The summed E-state index contributed by atoms with van der Waals surface area (Å²) in [6.07, 6.45) is 2.36. The number of carbonyl (C=O) groups is 2. The number of carboxylic acids is 1. The Morgan fingerprint density at radius 1 is 1.17 bits per heavy atom. The second-order valence-corrected chi connectivity index (χ2v) is 7.67. The Kier molecular flexibility index (Phi) is 5.45. The maximum absolute atomic E-state index is 12.4. The van der Waals surface area contributed by atoms with Crippen molar-refractivity contribution in [1.82, 2.24) is 4.90 Å². The van der Waals surface area contributed by atoms with Crippen molar-refractivity contribution in [2.75, 3.05) is 13.1 Å². The first-order valence-electron chi connectivity index (χ1n) is 8.33. The minimum absolute atomic E-state index is 0.0823. The van der Waals surface area contributed by atoms with Gasteiger partial charge >= 0.3 is 5.97 Å². The van der Waals surface area contributed by atoms with Crippen LogP contribution in [0, 0.1) is 11.3 Å². The fourth-order valence-corrected chi connectivity index (χ4v) is 3.22. The summed E-state index contributed by atoms with van der Waals surface area (Å²) in [6, 6.07) is 9.66. The molecule has 4 heteroatoms. The normalized spacial score (nSPS) is 21.4. The van der Waals surface area contributed by atoms with Gasteiger partial charge in [0.05, 0.1) is 5.92 Å². The molecule has 1 aliphatic heterocycles. The summed E-state index contributed by atoms with van der Waals surface area (Å²) in [5, 5.41) is 9.49. The number of nitrogens with zero attached hydrogens (tertiary/aromatic N) is 1. The number of aliphatic carboxylic acids is 1. The molecule has 1 saturated heterocycles. The fraction of sp³-hybridized carbons (Fsp3) is 0.579. The van der Waals surface area contributed by atoms with Gasteiger partial charge in [0.2, 0.25) is 5.91 Å². The molecular weight excluding hydrogens is 290 g/mol. The first-order valence-corrected chi connectivity index (χ1v) is 8.33. The van der Waals surface area contributed by atoms with Gasteiger partial charge in [0.25, 0.3) is 0 Å². The zero-order valence-electron chi connectivity index (χ0n) is 14.3. The molecule has 2 atom stereocenters. The highest BCUT2D eigenvalue weighted by atomic mass is 16.4. The van der Waals surface area contributed by atoms with Crippen LogP contribution in [0.25, 0.3) is 0 Å². The van der Waals surface area contributed by atoms with E-state index in [0.29, 0.717) is 19.5 Å². The van der Waals surface area contributed by atoms with E-state index in [0.717, 1.165) is 18.4 Å². The maximum atomic E-state index is 12.4. The molecule has 0 aromatic heterocycles. The molecule has 1 N–H and O–H groups in total. The van der Waals surface area contributed by atoms with Crippen LogP contribution in [-0.4, -0.2) is 35.0 Å². The van der Waals surface area contributed by atoms with Gasteiger partial charge in [-0.1, -0.05) is 51.1 Å². The molecule has 0 spiro atoms. The van der Waals surface area contributed by atoms with Crippen LogP contribution < -0.4 is 0 Å². The average molecular weight is 317 g/mol. The van der Waals surface area contributed by atoms with E-state index < -0.39 is 11.9 Å². The molecule has 1 heterocycles. The Bertz CT molecular complexity index is 547. The number of hydrogen-bond donors (Lipinski definition) is 1. The van der Waals surface area contributed by atoms with Crippen molar-refractivity contribution in [2.24, 2.45) is 11.3 Å². The van der Waals surface area contributed by atoms with Crippen molar-refractivity contribution in [3.8, 4) is 0 Å². The summed E-state index contributed by atoms with van der Waals surface area (Å²) in [4.78, 5) is 25.7. The Morgan fingerprint density at radius 3 is 2.39 bits per heavy atom. The van der Waals surface area contributed by atoms with Gasteiger partial charge in [-0.3, -0.25) is 9.59 Å². The van der Waals surface area contributed by atoms with Gasteiger partial charge in [0.15, 0.2) is 0 Å². The van der Waals surface area contributed by atoms with E-state index in [9.17, 15) is 14.7 Å². The van der Waals surface area contributed by atoms with Crippen LogP contribution in [-0.2, 0) is 9.59 Å². The van der Waals surface area contributed by atoms with Crippen molar-refractivity contribution in [3.05, 3.63) is 35.9 Å². The van der Waals surface area contributed by atoms with Crippen molar-refractivity contribution in [3.63, 3.8) is 0 Å². The van der Waals surface area contributed by atoms with E-state index in [4.69, 9.17) is 0 Å². The van der Waals surface area contributed by atoms with E-state index in [1.807, 2.05) is 30.3 Å². The zero-order chi connectivity index (χ0) is 17.0. The average Bonchev–Trinajstić information content (AvgIpc) is 2.92. The molecule has 0 bridgehead atoms. The highest BCUT2D eigenvalue weighted by Gasteiger charge is 2.40. The Hall–Kier alpha value is -1.84. The standard InChI is InChI=1S/C19H27NO3/c1-19(2,3)11-7-10-17(21)20-12-15(16(13-20)18(22)23)14-8-5-4-6-9-14/h4-6,8-9,15-16H,7,10-13H2,1-3H3,(H,22,23)/t15-,16-/m0/s1. The topological polar surface area (TPSA) is 57.6 Å². The summed E-state index contributed by atoms with van der Waals surface area (Å²) in [5.74, 6) is -1.35. The lowest BCUT2D eigenvalue weighted by atomic mass is 9.89. The Balaban J connectivity index is 2.00. The first kappa shape index (κ1) is 17.5. The third-order valence-electron chi connectivity index (χ3n) is 4.53. The molecule has 4 nitrogen and oxygen atoms in total. The van der Waals surface area contributed by atoms with E-state index in [1.54, 1.807) is 4.90 Å². The monoisotopic (exact) mass is 317 g/mol. The third kappa shape index (κ3) is 4.81. The number of rotatable bonds is 5. The van der Waals surface area contributed by atoms with E-state index >= 15 is 0 Å². The summed E-state index contributed by atoms with van der Waals surface area (Å²) >= 11 is 0. The van der Waals surface area contributed by atoms with Crippen LogP contribution in [0.15, 0.2) is 30.3 Å². The van der Waals surface area contributed by atoms with Crippen LogP contribution in [0.5, 0.6) is 0 Å². The number of amides is 1. The van der Waals surface area contributed by atoms with Crippen LogP contribution in [0.2, 0.25) is 0 Å². The predicted octanol–water partition coefficient (Wildman–Crippen LogP) is 3.53. The fourth-order valence-electron chi connectivity index (χ4n) is 3.22. The number of carboxylic acid groups (broad SMARTS) is 1. The molecule has 1 fully saturated rings. The quantitative estimate of drug-likeness (QED) is 0.904. The van der Waals surface area contributed by atoms with E-state index in [1.165, 1.54) is 0 Å². The number of benzene rings is 1. The van der Waals surface area contributed by atoms with Gasteiger partial charge in [0, 0.05) is 25.4 Å². The molecule has 0 saturated carbocycles. The molecule has 1 amide bonds. The van der Waals surface area contributed by atoms with Gasteiger partial charge in [-0.25, -0.2) is 0 Å². The molecule has 0 radical (unpaired) electrons. The lowest BCUT2D eigenvalue weighted by Gasteiger charge is -2.20. The molecule has 1 aromatic rings. The van der Waals surface area contributed by atoms with Crippen LogP contribution in [0.1, 0.15) is 51.5 Å². The first-order chi connectivity index (χ1) is 10.8. The lowest BCUT2D eigenvalue weighted by molar-refractivity contribution is -0.141. The number of hydrogen-bond acceptors (Lipinski definition) is 2. The second kappa shape index (κ2) is 7.16. The van der Waals surface area contributed by atoms with Crippen molar-refractivity contribution >= 4 is 11.9 Å². The van der Waals surface area contributed by atoms with Gasteiger partial charge < -0.3 is 10.0 Å². The smallest absolute Gasteiger partial charge is 0.308 e. The SMILES string of the molecule is CC(C)(C)CCCC(=O)N1C[C@H](C(=O)O)[C@H](c2ccccc2)C1. The van der Waals surface area contributed by atoms with Gasteiger partial charge in [-0.15, -0.1) is 0 Å². The minimum atomic E-state index is -0.816. The largest absolute Gasteiger partial charge is 0.481 e. The molecule has 23 heavy (non-hydrogen) atoms. The van der Waals surface area contributed by atoms with Gasteiger partial charge in [-0.05, 0) is 23.8 Å². The lowest BCUT2D eigenvalue weighted by Crippen LogP contribution is -2.29. The molecule has 2 rings (SSSR count). The number of carbonyl (C=O) groups excluding carboxylic acids is 1. The second-order valence-electron chi connectivity index (χ2n) is 7.67. The molecule has 126 valence electrons. The minimum Gasteiger partial charge on any atom is -0.481 e. The van der Waals surface area contributed by atoms with Crippen LogP contribution >= 0.6 is 0 Å². The maximum Gasteiger partial charge on any atom is 0.308 e. The van der Waals surface area contributed by atoms with E-state index in [2.05, 4.69) is 20.8 Å². The molecule has 0 aliphatic carbocycles. The summed E-state index contributed by atoms with van der Waals surface area (Å²) in [6.45, 7) is 7.33. The van der Waals surface area contributed by atoms with Crippen LogP contribution in [0.4, 0.5) is 0 Å². The summed E-state index contributed by atoms with van der Waals surface area (Å²) in [7, 11) is 0. The third-order valence-corrected chi connectivity index (χ3v) is 4.53. The van der Waals surface area contributed by atoms with Crippen molar-refractivity contribution in [1.29, 1.82) is 0 Å². The van der Waals surface area contributed by atoms with Crippen molar-refractivity contribution in [2.45, 2.75) is 46.0 Å². The Morgan fingerprint density at radius 2 is 1.83 bits per heavy atom. The molecular formula is C19H27NO3. The van der Waals surface area contributed by atoms with Crippen LogP contribution in [0.3, 0.4) is 0 Å². The van der Waals surface area contributed by atoms with Gasteiger partial charge in [0.1, 0.15) is 0 Å². The van der Waals surface area contributed by atoms with E-state index in [-0.39, 0.29) is 17.2 Å². The highest BCUT2D eigenvalue weighted by Crippen LogP contribution is 2.33. The molecule has 1 aliphatic rings. The predicted molar refractivity (Wildman–Crippen MR) is 90.2 cm³/mol. The Labute approximate surface area is 138 Å². The highest BCUT2D eigenvalue weighted by molar-refractivity contribution is 5.79. The summed E-state index contributed by atoms with van der Waals surface area (Å²) < 4.78 is 0. The zero-order valence-corrected chi connectivity index (χ0v) is 14.3. The molecule has 1 aromatic carbocycles. The van der Waals surface area contributed by atoms with Gasteiger partial charge in [-0.2, -0.15) is 0 Å². The van der Waals surface area contributed by atoms with Crippen molar-refractivity contribution < 1.29 is 14.7 Å². The molecule has 0 unspecified atom stereocenters. The number of likely N-dealkylation sites (tertiary alicyclic amines) is 1.